The van der Waals surface area contributed by atoms with Gasteiger partial charge in [-0.2, -0.15) is 0 Å². The zero-order valence-electron chi connectivity index (χ0n) is 20.3. The highest BCUT2D eigenvalue weighted by molar-refractivity contribution is 5.64. The van der Waals surface area contributed by atoms with Crippen LogP contribution in [0, 0.1) is 69.2 Å². The molecule has 0 amide bonds. The van der Waals surface area contributed by atoms with Crippen LogP contribution < -0.4 is 0 Å². The van der Waals surface area contributed by atoms with Crippen molar-refractivity contribution in [3.05, 3.63) is 78.9 Å². The first-order chi connectivity index (χ1) is 13.0. The van der Waals surface area contributed by atoms with Gasteiger partial charge >= 0.3 is 0 Å². The van der Waals surface area contributed by atoms with E-state index in [1.807, 2.05) is 0 Å². The zero-order valence-corrected chi connectivity index (χ0v) is 20.3. The average molecular weight is 377 g/mol. The quantitative estimate of drug-likeness (QED) is 0.492. The van der Waals surface area contributed by atoms with Gasteiger partial charge in [0, 0.05) is 0 Å². The molecule has 0 fully saturated rings. The van der Waals surface area contributed by atoms with Gasteiger partial charge in [-0.25, -0.2) is 0 Å². The van der Waals surface area contributed by atoms with Crippen LogP contribution in [-0.4, -0.2) is 0 Å². The van der Waals surface area contributed by atoms with Crippen molar-refractivity contribution in [2.45, 2.75) is 83.1 Å². The molecule has 0 aliphatic carbocycles. The molecule has 2 aromatic carbocycles. The molecule has 0 unspecified atom stereocenters. The largest absolute Gasteiger partial charge is 0.0870 e. The summed E-state index contributed by atoms with van der Waals surface area (Å²) >= 11 is 0. The summed E-state index contributed by atoms with van der Waals surface area (Å²) in [6, 6.07) is 0. The van der Waals surface area contributed by atoms with Gasteiger partial charge in [0.25, 0.3) is 0 Å². The Morgan fingerprint density at radius 2 is 0.500 bits per heavy atom. The van der Waals surface area contributed by atoms with Gasteiger partial charge in [0.05, 0.1) is 0 Å². The minimum Gasteiger partial charge on any atom is -0.0870 e. The number of hydrogen-bond donors (Lipinski definition) is 0. The molecule has 0 aliphatic heterocycles. The summed E-state index contributed by atoms with van der Waals surface area (Å²) in [5.74, 6) is 0. The zero-order chi connectivity index (χ0) is 21.8. The molecule has 0 bridgehead atoms. The molecular formula is C28H40. The first kappa shape index (κ1) is 24.0. The fraction of sp³-hybridized carbons (Fsp3) is 0.429. The molecular weight excluding hydrogens is 336 g/mol. The maximum Gasteiger partial charge on any atom is -0.0196 e. The van der Waals surface area contributed by atoms with E-state index in [9.17, 15) is 0 Å². The molecule has 0 aromatic heterocycles. The number of allylic oxidation sites excluding steroid dienone is 2. The summed E-state index contributed by atoms with van der Waals surface area (Å²) < 4.78 is 0. The maximum absolute atomic E-state index is 2.21. The summed E-state index contributed by atoms with van der Waals surface area (Å²) in [5.41, 5.74) is 17.1. The molecule has 0 spiro atoms. The maximum atomic E-state index is 2.21. The third kappa shape index (κ3) is 4.66. The van der Waals surface area contributed by atoms with Gasteiger partial charge in [-0.1, -0.05) is 24.3 Å². The minimum atomic E-state index is 1.40. The highest BCUT2D eigenvalue weighted by atomic mass is 14.1. The van der Waals surface area contributed by atoms with Gasteiger partial charge < -0.3 is 0 Å². The van der Waals surface area contributed by atoms with Crippen LogP contribution in [0.15, 0.2) is 12.2 Å². The third-order valence-corrected chi connectivity index (χ3v) is 6.78. The van der Waals surface area contributed by atoms with Crippen LogP contribution in [0.4, 0.5) is 0 Å². The van der Waals surface area contributed by atoms with Gasteiger partial charge in [-0.15, -0.1) is 0 Å². The molecule has 0 radical (unpaired) electrons. The molecule has 2 aromatic rings. The Morgan fingerprint density at radius 3 is 0.679 bits per heavy atom. The number of benzene rings is 2. The van der Waals surface area contributed by atoms with E-state index >= 15 is 0 Å². The highest BCUT2D eigenvalue weighted by Gasteiger charge is 2.10. The van der Waals surface area contributed by atoms with Crippen LogP contribution in [0.5, 0.6) is 0 Å². The Labute approximate surface area is 174 Å². The van der Waals surface area contributed by atoms with Gasteiger partial charge in [0.15, 0.2) is 0 Å². The first-order valence-corrected chi connectivity index (χ1v) is 10.4. The molecule has 0 heterocycles. The molecule has 0 heteroatoms. The summed E-state index contributed by atoms with van der Waals surface area (Å²) in [6.45, 7) is 26.3. The first-order valence-electron chi connectivity index (χ1n) is 10.4. The molecule has 28 heavy (non-hydrogen) atoms. The van der Waals surface area contributed by atoms with Crippen molar-refractivity contribution in [1.29, 1.82) is 0 Å². The van der Waals surface area contributed by atoms with Gasteiger partial charge in [0.2, 0.25) is 0 Å². The van der Waals surface area contributed by atoms with E-state index in [0.29, 0.717) is 0 Å². The predicted molar refractivity (Wildman–Crippen MR) is 130 cm³/mol. The molecule has 2 rings (SSSR count). The topological polar surface area (TPSA) is 0 Å². The van der Waals surface area contributed by atoms with E-state index in [-0.39, 0.29) is 0 Å². The number of rotatable bonds is 2. The second-order valence-electron chi connectivity index (χ2n) is 8.08. The Balaban J connectivity index is 0.000000280. The lowest BCUT2D eigenvalue weighted by atomic mass is 9.89. The van der Waals surface area contributed by atoms with Gasteiger partial charge in [-0.05, 0) is 150 Å². The lowest BCUT2D eigenvalue weighted by molar-refractivity contribution is 1.16. The smallest absolute Gasteiger partial charge is 0.0196 e. The van der Waals surface area contributed by atoms with Crippen molar-refractivity contribution in [1.82, 2.24) is 0 Å². The third-order valence-electron chi connectivity index (χ3n) is 6.78. The monoisotopic (exact) mass is 376 g/mol. The van der Waals surface area contributed by atoms with Crippen LogP contribution in [0.1, 0.15) is 80.6 Å². The van der Waals surface area contributed by atoms with E-state index in [1.54, 1.807) is 0 Å². The Bertz CT molecular complexity index is 783. The van der Waals surface area contributed by atoms with Gasteiger partial charge in [0.1, 0.15) is 0 Å². The Kier molecular flexibility index (Phi) is 8.48. The Hall–Kier alpha value is -2.08. The van der Waals surface area contributed by atoms with Crippen molar-refractivity contribution >= 4 is 12.2 Å². The van der Waals surface area contributed by atoms with E-state index in [0.717, 1.165) is 0 Å². The van der Waals surface area contributed by atoms with Crippen molar-refractivity contribution < 1.29 is 0 Å². The molecule has 0 N–H and O–H groups in total. The lowest BCUT2D eigenvalue weighted by Gasteiger charge is -2.16. The van der Waals surface area contributed by atoms with Crippen molar-refractivity contribution in [2.75, 3.05) is 0 Å². The second kappa shape index (κ2) is 9.92. The predicted octanol–water partition coefficient (Wildman–Crippen LogP) is 8.52. The number of hydrogen-bond acceptors (Lipinski definition) is 0. The average Bonchev–Trinajstić information content (AvgIpc) is 2.69. The van der Waals surface area contributed by atoms with Crippen LogP contribution in [-0.2, 0) is 0 Å². The minimum absolute atomic E-state index is 1.40. The lowest BCUT2D eigenvalue weighted by Crippen LogP contribution is -1.98. The fourth-order valence-corrected chi connectivity index (χ4v) is 3.89. The standard InChI is InChI=1S/2C14H20/c2*1-7-8-14-12(5)10(3)9(2)11(4)13(14)6/h2*7-8H,1-6H3. The molecule has 0 saturated carbocycles. The summed E-state index contributed by atoms with van der Waals surface area (Å²) in [5, 5.41) is 0. The van der Waals surface area contributed by atoms with E-state index in [4.69, 9.17) is 0 Å². The summed E-state index contributed by atoms with van der Waals surface area (Å²) in [6.07, 6.45) is 8.65. The highest BCUT2D eigenvalue weighted by Crippen LogP contribution is 2.27. The summed E-state index contributed by atoms with van der Waals surface area (Å²) in [4.78, 5) is 0. The second-order valence-corrected chi connectivity index (χ2v) is 8.08. The van der Waals surface area contributed by atoms with Gasteiger partial charge in [-0.3, -0.25) is 0 Å². The fourth-order valence-electron chi connectivity index (χ4n) is 3.89. The van der Waals surface area contributed by atoms with Crippen molar-refractivity contribution in [2.24, 2.45) is 0 Å². The normalized spacial score (nSPS) is 11.3. The van der Waals surface area contributed by atoms with E-state index in [1.165, 1.54) is 66.8 Å². The van der Waals surface area contributed by atoms with E-state index < -0.39 is 0 Å². The Morgan fingerprint density at radius 1 is 0.321 bits per heavy atom. The van der Waals surface area contributed by atoms with Crippen LogP contribution in [0.3, 0.4) is 0 Å². The van der Waals surface area contributed by atoms with Crippen molar-refractivity contribution in [3.8, 4) is 0 Å². The van der Waals surface area contributed by atoms with Crippen LogP contribution in [0.2, 0.25) is 0 Å². The summed E-state index contributed by atoms with van der Waals surface area (Å²) in [7, 11) is 0. The molecule has 152 valence electrons. The molecule has 0 aliphatic rings. The van der Waals surface area contributed by atoms with Crippen molar-refractivity contribution in [3.63, 3.8) is 0 Å². The molecule has 0 nitrogen and oxygen atoms in total. The molecule has 0 saturated heterocycles. The van der Waals surface area contributed by atoms with Crippen LogP contribution >= 0.6 is 0 Å². The van der Waals surface area contributed by atoms with Crippen LogP contribution in [0.25, 0.3) is 12.2 Å². The van der Waals surface area contributed by atoms with E-state index in [2.05, 4.69) is 107 Å². The molecule has 0 atom stereocenters. The SMILES string of the molecule is CC=Cc1c(C)c(C)c(C)c(C)c1C.CC=Cc1c(C)c(C)c(C)c(C)c1C.